The predicted molar refractivity (Wildman–Crippen MR) is 81.2 cm³/mol. The van der Waals surface area contributed by atoms with E-state index in [4.69, 9.17) is 0 Å². The molecule has 0 aromatic carbocycles. The molecule has 1 saturated heterocycles. The molecule has 6 heteroatoms. The highest BCUT2D eigenvalue weighted by Gasteiger charge is 2.22. The van der Waals surface area contributed by atoms with Gasteiger partial charge < -0.3 is 10.2 Å². The number of hydrogen-bond acceptors (Lipinski definition) is 4. The van der Waals surface area contributed by atoms with Crippen molar-refractivity contribution in [1.82, 2.24) is 19.5 Å². The standard InChI is InChI=1S/C15H21N5O/c1-11-8-13-16-10-17-20(13)14(9-11)18-12(2)15(21)19-6-4-3-5-7-19/h8-10,12,18H,3-7H2,1-2H3. The van der Waals surface area contributed by atoms with Crippen molar-refractivity contribution in [3.8, 4) is 0 Å². The summed E-state index contributed by atoms with van der Waals surface area (Å²) in [7, 11) is 0. The Balaban J connectivity index is 1.77. The topological polar surface area (TPSA) is 62.5 Å². The zero-order valence-electron chi connectivity index (χ0n) is 12.5. The number of nitrogens with one attached hydrogen (secondary N) is 1. The summed E-state index contributed by atoms with van der Waals surface area (Å²) < 4.78 is 1.73. The third-order valence-electron chi connectivity index (χ3n) is 3.93. The van der Waals surface area contributed by atoms with Crippen LogP contribution in [0.4, 0.5) is 5.82 Å². The summed E-state index contributed by atoms with van der Waals surface area (Å²) in [6.45, 7) is 5.66. The first kappa shape index (κ1) is 13.9. The summed E-state index contributed by atoms with van der Waals surface area (Å²) in [4.78, 5) is 18.6. The number of anilines is 1. The Labute approximate surface area is 124 Å². The number of rotatable bonds is 3. The van der Waals surface area contributed by atoms with E-state index >= 15 is 0 Å². The molecule has 0 saturated carbocycles. The quantitative estimate of drug-likeness (QED) is 0.936. The van der Waals surface area contributed by atoms with Crippen LogP contribution in [-0.2, 0) is 4.79 Å². The molecule has 112 valence electrons. The second kappa shape index (κ2) is 5.71. The molecular formula is C15H21N5O. The Kier molecular flexibility index (Phi) is 3.77. The molecule has 1 atom stereocenters. The third-order valence-corrected chi connectivity index (χ3v) is 3.93. The van der Waals surface area contributed by atoms with Crippen molar-refractivity contribution in [3.63, 3.8) is 0 Å². The van der Waals surface area contributed by atoms with Gasteiger partial charge in [0.25, 0.3) is 0 Å². The molecule has 3 rings (SSSR count). The molecule has 6 nitrogen and oxygen atoms in total. The van der Waals surface area contributed by atoms with Gasteiger partial charge >= 0.3 is 0 Å². The molecule has 2 aromatic heterocycles. The molecule has 0 spiro atoms. The van der Waals surface area contributed by atoms with E-state index in [1.54, 1.807) is 4.52 Å². The van der Waals surface area contributed by atoms with Crippen molar-refractivity contribution in [2.45, 2.75) is 39.2 Å². The predicted octanol–water partition coefficient (Wildman–Crippen LogP) is 1.85. The third kappa shape index (κ3) is 2.84. The first-order chi connectivity index (χ1) is 10.1. The highest BCUT2D eigenvalue weighted by Crippen LogP contribution is 2.16. The zero-order valence-corrected chi connectivity index (χ0v) is 12.5. The molecular weight excluding hydrogens is 266 g/mol. The fourth-order valence-electron chi connectivity index (χ4n) is 2.83. The number of nitrogens with zero attached hydrogens (tertiary/aromatic N) is 4. The second-order valence-electron chi connectivity index (χ2n) is 5.70. The number of aromatic nitrogens is 3. The van der Waals surface area contributed by atoms with Crippen LogP contribution in [-0.4, -0.2) is 44.5 Å². The van der Waals surface area contributed by atoms with Gasteiger partial charge in [0.05, 0.1) is 0 Å². The van der Waals surface area contributed by atoms with Crippen LogP contribution in [0.2, 0.25) is 0 Å². The summed E-state index contributed by atoms with van der Waals surface area (Å²) in [6.07, 6.45) is 4.96. The van der Waals surface area contributed by atoms with Gasteiger partial charge in [0.15, 0.2) is 5.65 Å². The van der Waals surface area contributed by atoms with Crippen LogP contribution in [0, 0.1) is 6.92 Å². The zero-order chi connectivity index (χ0) is 14.8. The largest absolute Gasteiger partial charge is 0.358 e. The molecule has 1 N–H and O–H groups in total. The van der Waals surface area contributed by atoms with Crippen LogP contribution in [0.15, 0.2) is 18.5 Å². The first-order valence-electron chi connectivity index (χ1n) is 7.51. The number of fused-ring (bicyclic) bond motifs is 1. The number of likely N-dealkylation sites (tertiary alicyclic amines) is 1. The molecule has 1 unspecified atom stereocenters. The van der Waals surface area contributed by atoms with Gasteiger partial charge in [0.1, 0.15) is 18.2 Å². The second-order valence-corrected chi connectivity index (χ2v) is 5.70. The van der Waals surface area contributed by atoms with Gasteiger partial charge in [-0.25, -0.2) is 4.98 Å². The van der Waals surface area contributed by atoms with Gasteiger partial charge in [-0.2, -0.15) is 9.61 Å². The van der Waals surface area contributed by atoms with E-state index < -0.39 is 0 Å². The molecule has 1 aliphatic rings. The molecule has 0 aliphatic carbocycles. The summed E-state index contributed by atoms with van der Waals surface area (Å²) >= 11 is 0. The van der Waals surface area contributed by atoms with Crippen molar-refractivity contribution < 1.29 is 4.79 Å². The Morgan fingerprint density at radius 1 is 1.29 bits per heavy atom. The minimum atomic E-state index is -0.266. The average molecular weight is 287 g/mol. The minimum Gasteiger partial charge on any atom is -0.358 e. The van der Waals surface area contributed by atoms with E-state index in [1.165, 1.54) is 12.7 Å². The van der Waals surface area contributed by atoms with Crippen molar-refractivity contribution in [3.05, 3.63) is 24.0 Å². The van der Waals surface area contributed by atoms with Crippen LogP contribution < -0.4 is 5.32 Å². The van der Waals surface area contributed by atoms with E-state index in [2.05, 4.69) is 15.4 Å². The van der Waals surface area contributed by atoms with Gasteiger partial charge in [0, 0.05) is 13.1 Å². The van der Waals surface area contributed by atoms with Gasteiger partial charge in [-0.15, -0.1) is 0 Å². The number of piperidine rings is 1. The van der Waals surface area contributed by atoms with Crippen LogP contribution >= 0.6 is 0 Å². The fourth-order valence-corrected chi connectivity index (χ4v) is 2.83. The average Bonchev–Trinajstić information content (AvgIpc) is 2.95. The van der Waals surface area contributed by atoms with Gasteiger partial charge in [-0.05, 0) is 50.8 Å². The minimum absolute atomic E-state index is 0.157. The van der Waals surface area contributed by atoms with Crippen LogP contribution in [0.5, 0.6) is 0 Å². The van der Waals surface area contributed by atoms with Crippen molar-refractivity contribution in [2.24, 2.45) is 0 Å². The Bertz CT molecular complexity index is 645. The van der Waals surface area contributed by atoms with E-state index in [-0.39, 0.29) is 11.9 Å². The van der Waals surface area contributed by atoms with Gasteiger partial charge in [0.2, 0.25) is 5.91 Å². The number of amides is 1. The van der Waals surface area contributed by atoms with Crippen molar-refractivity contribution >= 4 is 17.4 Å². The van der Waals surface area contributed by atoms with Gasteiger partial charge in [-0.3, -0.25) is 4.79 Å². The summed E-state index contributed by atoms with van der Waals surface area (Å²) in [5.74, 6) is 0.963. The number of carbonyl (C=O) groups is 1. The first-order valence-corrected chi connectivity index (χ1v) is 7.51. The maximum atomic E-state index is 12.5. The molecule has 1 fully saturated rings. The van der Waals surface area contributed by atoms with Crippen LogP contribution in [0.3, 0.4) is 0 Å². The molecule has 2 aromatic rings. The molecule has 3 heterocycles. The molecule has 1 aliphatic heterocycles. The summed E-state index contributed by atoms with van der Waals surface area (Å²) in [5.41, 5.74) is 1.88. The van der Waals surface area contributed by atoms with Crippen LogP contribution in [0.1, 0.15) is 31.7 Å². The van der Waals surface area contributed by atoms with E-state index in [0.717, 1.165) is 43.0 Å². The lowest BCUT2D eigenvalue weighted by atomic mass is 10.1. The number of pyridine rings is 1. The molecule has 21 heavy (non-hydrogen) atoms. The maximum absolute atomic E-state index is 12.5. The lowest BCUT2D eigenvalue weighted by Gasteiger charge is -2.29. The lowest BCUT2D eigenvalue weighted by Crippen LogP contribution is -2.44. The fraction of sp³-hybridized carbons (Fsp3) is 0.533. The lowest BCUT2D eigenvalue weighted by molar-refractivity contribution is -0.132. The van der Waals surface area contributed by atoms with E-state index in [9.17, 15) is 4.79 Å². The smallest absolute Gasteiger partial charge is 0.244 e. The maximum Gasteiger partial charge on any atom is 0.244 e. The van der Waals surface area contributed by atoms with Crippen molar-refractivity contribution in [2.75, 3.05) is 18.4 Å². The Morgan fingerprint density at radius 2 is 2.05 bits per heavy atom. The summed E-state index contributed by atoms with van der Waals surface area (Å²) in [5, 5.41) is 7.48. The van der Waals surface area contributed by atoms with Crippen molar-refractivity contribution in [1.29, 1.82) is 0 Å². The monoisotopic (exact) mass is 287 g/mol. The highest BCUT2D eigenvalue weighted by atomic mass is 16.2. The summed E-state index contributed by atoms with van der Waals surface area (Å²) in [6, 6.07) is 3.69. The Morgan fingerprint density at radius 3 is 2.81 bits per heavy atom. The highest BCUT2D eigenvalue weighted by molar-refractivity contribution is 5.84. The number of carbonyl (C=O) groups excluding carboxylic acids is 1. The molecule has 1 amide bonds. The van der Waals surface area contributed by atoms with Gasteiger partial charge in [-0.1, -0.05) is 0 Å². The SMILES string of the molecule is Cc1cc(NC(C)C(=O)N2CCCCC2)n2ncnc2c1. The molecule has 0 bridgehead atoms. The molecule has 0 radical (unpaired) electrons. The Hall–Kier alpha value is -2.11. The number of aryl methyl sites for hydroxylation is 1. The normalized spacial score (nSPS) is 17.0. The van der Waals surface area contributed by atoms with E-state index in [0.29, 0.717) is 0 Å². The van der Waals surface area contributed by atoms with Crippen LogP contribution in [0.25, 0.3) is 5.65 Å². The number of hydrogen-bond donors (Lipinski definition) is 1. The van der Waals surface area contributed by atoms with E-state index in [1.807, 2.05) is 30.9 Å².